The molecule has 100 valence electrons. The minimum Gasteiger partial charge on any atom is -0.506 e. The Labute approximate surface area is 119 Å². The van der Waals surface area contributed by atoms with Gasteiger partial charge in [-0.15, -0.1) is 0 Å². The van der Waals surface area contributed by atoms with Crippen molar-refractivity contribution in [2.75, 3.05) is 13.1 Å². The average molecular weight is 288 g/mol. The summed E-state index contributed by atoms with van der Waals surface area (Å²) in [5, 5.41) is 10.9. The molecule has 1 saturated heterocycles. The van der Waals surface area contributed by atoms with Crippen molar-refractivity contribution < 1.29 is 5.11 Å². The van der Waals surface area contributed by atoms with Crippen LogP contribution in [0.4, 0.5) is 0 Å². The number of benzene rings is 1. The van der Waals surface area contributed by atoms with E-state index >= 15 is 0 Å². The molecular formula is C14H19Cl2NO. The average Bonchev–Trinajstić information content (AvgIpc) is 2.35. The van der Waals surface area contributed by atoms with Crippen molar-refractivity contribution in [1.29, 1.82) is 0 Å². The van der Waals surface area contributed by atoms with Crippen molar-refractivity contribution in [3.8, 4) is 5.75 Å². The fourth-order valence-corrected chi connectivity index (χ4v) is 3.14. The van der Waals surface area contributed by atoms with Crippen molar-refractivity contribution in [1.82, 2.24) is 4.90 Å². The van der Waals surface area contributed by atoms with E-state index < -0.39 is 0 Å². The highest BCUT2D eigenvalue weighted by Crippen LogP contribution is 2.32. The summed E-state index contributed by atoms with van der Waals surface area (Å²) in [5.74, 6) is 0.940. The van der Waals surface area contributed by atoms with Gasteiger partial charge in [-0.1, -0.05) is 36.5 Å². The number of halogens is 2. The van der Waals surface area contributed by atoms with Crippen LogP contribution in [0.3, 0.4) is 0 Å². The molecule has 1 unspecified atom stereocenters. The number of hydrogen-bond acceptors (Lipinski definition) is 2. The maximum Gasteiger partial charge on any atom is 0.138 e. The van der Waals surface area contributed by atoms with Crippen LogP contribution >= 0.6 is 23.2 Å². The highest BCUT2D eigenvalue weighted by Gasteiger charge is 2.20. The summed E-state index contributed by atoms with van der Waals surface area (Å²) in [7, 11) is 0. The quantitative estimate of drug-likeness (QED) is 0.895. The van der Waals surface area contributed by atoms with Crippen molar-refractivity contribution in [2.45, 2.75) is 32.7 Å². The number of aromatic hydroxyl groups is 1. The molecule has 1 fully saturated rings. The summed E-state index contributed by atoms with van der Waals surface area (Å²) in [6.07, 6.45) is 3.77. The fraction of sp³-hybridized carbons (Fsp3) is 0.571. The third-order valence-corrected chi connectivity index (χ3v) is 4.19. The normalized spacial score (nSPS) is 21.2. The van der Waals surface area contributed by atoms with E-state index in [0.717, 1.165) is 31.1 Å². The summed E-state index contributed by atoms with van der Waals surface area (Å²) >= 11 is 11.9. The molecular weight excluding hydrogens is 269 g/mol. The maximum absolute atomic E-state index is 9.96. The molecule has 4 heteroatoms. The van der Waals surface area contributed by atoms with Crippen LogP contribution in [0.2, 0.25) is 10.0 Å². The highest BCUT2D eigenvalue weighted by molar-refractivity contribution is 6.35. The molecule has 1 aromatic carbocycles. The summed E-state index contributed by atoms with van der Waals surface area (Å²) in [5.41, 5.74) is 0.823. The Morgan fingerprint density at radius 2 is 2.17 bits per heavy atom. The lowest BCUT2D eigenvalue weighted by molar-refractivity contribution is 0.163. The van der Waals surface area contributed by atoms with Crippen LogP contribution in [0.15, 0.2) is 12.1 Å². The first-order chi connectivity index (χ1) is 8.60. The van der Waals surface area contributed by atoms with Gasteiger partial charge in [0.25, 0.3) is 0 Å². The molecule has 1 heterocycles. The predicted octanol–water partition coefficient (Wildman–Crippen LogP) is 4.32. The molecule has 0 saturated carbocycles. The summed E-state index contributed by atoms with van der Waals surface area (Å²) in [6.45, 7) is 5.14. The van der Waals surface area contributed by atoms with Gasteiger partial charge in [0, 0.05) is 23.7 Å². The number of phenolic OH excluding ortho intramolecular Hbond substituents is 1. The second-order valence-electron chi connectivity index (χ2n) is 5.05. The molecule has 18 heavy (non-hydrogen) atoms. The zero-order valence-corrected chi connectivity index (χ0v) is 12.1. The van der Waals surface area contributed by atoms with Gasteiger partial charge in [-0.3, -0.25) is 4.90 Å². The van der Waals surface area contributed by atoms with Crippen LogP contribution in [0.5, 0.6) is 5.75 Å². The lowest BCUT2D eigenvalue weighted by Crippen LogP contribution is -2.34. The van der Waals surface area contributed by atoms with Crippen LogP contribution in [0.1, 0.15) is 31.7 Å². The van der Waals surface area contributed by atoms with E-state index in [9.17, 15) is 5.11 Å². The molecule has 0 aromatic heterocycles. The number of piperidine rings is 1. The molecule has 1 aliphatic rings. The summed E-state index contributed by atoms with van der Waals surface area (Å²) in [4.78, 5) is 2.37. The second-order valence-corrected chi connectivity index (χ2v) is 5.89. The predicted molar refractivity (Wildman–Crippen MR) is 76.4 cm³/mol. The van der Waals surface area contributed by atoms with E-state index in [4.69, 9.17) is 23.2 Å². The van der Waals surface area contributed by atoms with Crippen molar-refractivity contribution in [2.24, 2.45) is 5.92 Å². The van der Waals surface area contributed by atoms with Gasteiger partial charge < -0.3 is 5.11 Å². The molecule has 2 nitrogen and oxygen atoms in total. The van der Waals surface area contributed by atoms with E-state index in [-0.39, 0.29) is 5.75 Å². The Hall–Kier alpha value is -0.440. The first kappa shape index (κ1) is 14.0. The molecule has 0 spiro atoms. The van der Waals surface area contributed by atoms with Crippen LogP contribution < -0.4 is 0 Å². The van der Waals surface area contributed by atoms with Crippen LogP contribution in [-0.2, 0) is 6.54 Å². The van der Waals surface area contributed by atoms with Gasteiger partial charge in [-0.25, -0.2) is 0 Å². The van der Waals surface area contributed by atoms with E-state index in [1.807, 2.05) is 0 Å². The Morgan fingerprint density at radius 3 is 2.89 bits per heavy atom. The van der Waals surface area contributed by atoms with E-state index in [0.29, 0.717) is 10.0 Å². The van der Waals surface area contributed by atoms with Gasteiger partial charge in [0.1, 0.15) is 5.75 Å². The SMILES string of the molecule is CCC1CCCN(Cc2cc(Cl)cc(Cl)c2O)C1. The third kappa shape index (κ3) is 3.31. The van der Waals surface area contributed by atoms with Gasteiger partial charge in [0.2, 0.25) is 0 Å². The first-order valence-corrected chi connectivity index (χ1v) is 7.25. The van der Waals surface area contributed by atoms with E-state index in [2.05, 4.69) is 11.8 Å². The standard InChI is InChI=1S/C14H19Cl2NO/c1-2-10-4-3-5-17(8-10)9-11-6-12(15)7-13(16)14(11)18/h6-7,10,18H,2-5,8-9H2,1H3. The van der Waals surface area contributed by atoms with Crippen LogP contribution in [-0.4, -0.2) is 23.1 Å². The van der Waals surface area contributed by atoms with Crippen molar-refractivity contribution in [3.05, 3.63) is 27.7 Å². The smallest absolute Gasteiger partial charge is 0.138 e. The Morgan fingerprint density at radius 1 is 1.39 bits per heavy atom. The largest absolute Gasteiger partial charge is 0.506 e. The molecule has 1 aromatic rings. The zero-order chi connectivity index (χ0) is 13.1. The van der Waals surface area contributed by atoms with Gasteiger partial charge in [-0.05, 0) is 37.4 Å². The Balaban J connectivity index is 2.09. The number of nitrogens with zero attached hydrogens (tertiary/aromatic N) is 1. The molecule has 1 N–H and O–H groups in total. The van der Waals surface area contributed by atoms with Crippen molar-refractivity contribution in [3.63, 3.8) is 0 Å². The van der Waals surface area contributed by atoms with Crippen LogP contribution in [0.25, 0.3) is 0 Å². The fourth-order valence-electron chi connectivity index (χ4n) is 2.61. The number of rotatable bonds is 3. The summed E-state index contributed by atoms with van der Waals surface area (Å²) < 4.78 is 0. The van der Waals surface area contributed by atoms with Crippen LogP contribution in [0, 0.1) is 5.92 Å². The Kier molecular flexibility index (Phi) is 4.77. The van der Waals surface area contributed by atoms with Gasteiger partial charge in [0.15, 0.2) is 0 Å². The molecule has 0 bridgehead atoms. The third-order valence-electron chi connectivity index (χ3n) is 3.68. The van der Waals surface area contributed by atoms with E-state index in [1.165, 1.54) is 19.3 Å². The lowest BCUT2D eigenvalue weighted by atomic mass is 9.95. The van der Waals surface area contributed by atoms with Gasteiger partial charge in [0.05, 0.1) is 5.02 Å². The lowest BCUT2D eigenvalue weighted by Gasteiger charge is -2.32. The summed E-state index contributed by atoms with van der Waals surface area (Å²) in [6, 6.07) is 3.38. The minimum absolute atomic E-state index is 0.166. The molecule has 2 rings (SSSR count). The minimum atomic E-state index is 0.166. The molecule has 1 atom stereocenters. The van der Waals surface area contributed by atoms with Gasteiger partial charge >= 0.3 is 0 Å². The highest BCUT2D eigenvalue weighted by atomic mass is 35.5. The maximum atomic E-state index is 9.96. The van der Waals surface area contributed by atoms with E-state index in [1.54, 1.807) is 12.1 Å². The number of phenols is 1. The van der Waals surface area contributed by atoms with Gasteiger partial charge in [-0.2, -0.15) is 0 Å². The number of likely N-dealkylation sites (tertiary alicyclic amines) is 1. The topological polar surface area (TPSA) is 23.5 Å². The zero-order valence-electron chi connectivity index (χ0n) is 10.6. The monoisotopic (exact) mass is 287 g/mol. The molecule has 0 radical (unpaired) electrons. The molecule has 1 aliphatic heterocycles. The second kappa shape index (κ2) is 6.14. The van der Waals surface area contributed by atoms with Crippen molar-refractivity contribution >= 4 is 23.2 Å². The molecule has 0 amide bonds. The Bertz CT molecular complexity index is 423. The molecule has 0 aliphatic carbocycles. The first-order valence-electron chi connectivity index (χ1n) is 6.49. The number of hydrogen-bond donors (Lipinski definition) is 1.